The lowest BCUT2D eigenvalue weighted by molar-refractivity contribution is -0.140. The molecule has 1 aromatic heterocycles. The Labute approximate surface area is 318 Å². The second-order valence-electron chi connectivity index (χ2n) is 13.2. The number of aromatic nitrogens is 1. The first kappa shape index (κ1) is 38.3. The van der Waals surface area contributed by atoms with Crippen LogP contribution in [0.3, 0.4) is 0 Å². The Balaban J connectivity index is 1.18. The van der Waals surface area contributed by atoms with Crippen LogP contribution in [0.5, 0.6) is 17.2 Å². The number of hydrogen-bond acceptors (Lipinski definition) is 10. The molecule has 1 aliphatic heterocycles. The second kappa shape index (κ2) is 18.1. The molecule has 0 amide bonds. The van der Waals surface area contributed by atoms with E-state index in [9.17, 15) is 25.4 Å². The molecule has 2 aliphatic rings. The topological polar surface area (TPSA) is 157 Å². The van der Waals surface area contributed by atoms with Crippen LogP contribution < -0.4 is 19.5 Å². The number of aliphatic hydroxyl groups is 2. The number of pyridine rings is 1. The number of hydrogen-bond donors (Lipinski definition) is 4. The summed E-state index contributed by atoms with van der Waals surface area (Å²) in [6.45, 7) is 2.80. The van der Waals surface area contributed by atoms with Gasteiger partial charge in [-0.3, -0.25) is 15.1 Å². The van der Waals surface area contributed by atoms with Gasteiger partial charge >= 0.3 is 5.97 Å². The third kappa shape index (κ3) is 9.58. The lowest BCUT2D eigenvalue weighted by Gasteiger charge is -2.29. The van der Waals surface area contributed by atoms with E-state index >= 15 is 0 Å². The molecule has 4 aromatic rings. The summed E-state index contributed by atoms with van der Waals surface area (Å²) in [4.78, 5) is 18.0. The van der Waals surface area contributed by atoms with Crippen molar-refractivity contribution in [2.45, 2.75) is 63.5 Å². The molecule has 1 fully saturated rings. The summed E-state index contributed by atoms with van der Waals surface area (Å²) in [6, 6.07) is 17.8. The van der Waals surface area contributed by atoms with Crippen LogP contribution in [0.4, 0.5) is 0 Å². The number of halogens is 2. The number of benzene rings is 3. The third-order valence-electron chi connectivity index (χ3n) is 9.62. The van der Waals surface area contributed by atoms with Gasteiger partial charge in [-0.1, -0.05) is 53.5 Å². The van der Waals surface area contributed by atoms with Crippen molar-refractivity contribution < 1.29 is 34.3 Å². The van der Waals surface area contributed by atoms with Crippen molar-refractivity contribution in [3.63, 3.8) is 0 Å². The predicted molar refractivity (Wildman–Crippen MR) is 200 cm³/mol. The van der Waals surface area contributed by atoms with Gasteiger partial charge in [0.15, 0.2) is 0 Å². The van der Waals surface area contributed by atoms with Crippen molar-refractivity contribution in [2.75, 3.05) is 32.8 Å². The highest BCUT2D eigenvalue weighted by Gasteiger charge is 2.29. The molecule has 6 rings (SSSR count). The number of fused-ring (bicyclic) bond motifs is 1. The number of piperidine rings is 1. The first-order valence-electron chi connectivity index (χ1n) is 17.7. The lowest BCUT2D eigenvalue weighted by atomic mass is 9.96. The largest absolute Gasteiger partial charge is 0.492 e. The summed E-state index contributed by atoms with van der Waals surface area (Å²) in [7, 11) is 0. The molecule has 2 heterocycles. The highest BCUT2D eigenvalue weighted by atomic mass is 35.5. The van der Waals surface area contributed by atoms with Gasteiger partial charge in [-0.15, -0.1) is 0 Å². The molecule has 0 radical (unpaired) electrons. The number of carboxylic acid groups (broad SMARTS) is 1. The van der Waals surface area contributed by atoms with Gasteiger partial charge in [-0.05, 0) is 67.0 Å². The average Bonchev–Trinajstić information content (AvgIpc) is 3.58. The number of nitriles is 1. The summed E-state index contributed by atoms with van der Waals surface area (Å²) in [6.07, 6.45) is 6.52. The van der Waals surface area contributed by atoms with Gasteiger partial charge in [0.05, 0.1) is 34.9 Å². The number of aliphatic hydroxyl groups excluding tert-OH is 2. The number of nitrogens with zero attached hydrogens (tertiary/aromatic N) is 3. The Morgan fingerprint density at radius 2 is 1.81 bits per heavy atom. The number of likely N-dealkylation sites (tertiary alicyclic amines) is 1. The fourth-order valence-corrected chi connectivity index (χ4v) is 7.29. The minimum Gasteiger partial charge on any atom is -0.492 e. The molecule has 13 heteroatoms. The van der Waals surface area contributed by atoms with E-state index in [-0.39, 0.29) is 25.4 Å². The maximum absolute atomic E-state index is 11.5. The highest BCUT2D eigenvalue weighted by molar-refractivity contribution is 6.35. The van der Waals surface area contributed by atoms with Gasteiger partial charge < -0.3 is 34.4 Å². The number of carbonyl (C=O) groups is 1. The lowest BCUT2D eigenvalue weighted by Crippen LogP contribution is -2.39. The van der Waals surface area contributed by atoms with E-state index in [1.165, 1.54) is 6.20 Å². The standard InChI is InChI=1S/C40H42Cl2N4O7/c41-33-17-27(22-45-34(23-47)40(49)50)37(52-24-26-16-25(19-43)20-44-21-26)18-38(33)53-35-9-8-30-29(4-1-5-31(30)35)32-6-2-7-36(39(32)42)51-15-3-12-46-13-10-28(48)11-14-46/h1-2,4-7,16-18,20-21,28,34-35,45,47-48H,3,8-15,22-24H2,(H,49,50)/t34-,35-/m0/s1. The normalized spacial score (nSPS) is 16.5. The van der Waals surface area contributed by atoms with E-state index in [2.05, 4.69) is 27.3 Å². The fourth-order valence-electron chi connectivity index (χ4n) is 6.78. The molecular weight excluding hydrogens is 719 g/mol. The van der Waals surface area contributed by atoms with E-state index in [1.807, 2.05) is 30.3 Å². The number of rotatable bonds is 16. The van der Waals surface area contributed by atoms with Gasteiger partial charge in [0.25, 0.3) is 0 Å². The number of nitrogens with one attached hydrogen (secondary N) is 1. The van der Waals surface area contributed by atoms with E-state index in [1.54, 1.807) is 24.4 Å². The van der Waals surface area contributed by atoms with Gasteiger partial charge in [0.1, 0.15) is 42.1 Å². The molecule has 53 heavy (non-hydrogen) atoms. The summed E-state index contributed by atoms with van der Waals surface area (Å²) >= 11 is 13.8. The van der Waals surface area contributed by atoms with Crippen LogP contribution in [0, 0.1) is 11.3 Å². The second-order valence-corrected chi connectivity index (χ2v) is 14.0. The summed E-state index contributed by atoms with van der Waals surface area (Å²) < 4.78 is 18.9. The molecule has 1 saturated heterocycles. The smallest absolute Gasteiger partial charge is 0.323 e. The molecule has 3 aromatic carbocycles. The van der Waals surface area contributed by atoms with E-state index in [0.717, 1.165) is 67.6 Å². The van der Waals surface area contributed by atoms with E-state index in [4.69, 9.17) is 37.4 Å². The van der Waals surface area contributed by atoms with Gasteiger partial charge in [-0.25, -0.2) is 0 Å². The van der Waals surface area contributed by atoms with Crippen LogP contribution in [0.15, 0.2) is 67.0 Å². The minimum absolute atomic E-state index is 0.0476. The zero-order valence-corrected chi connectivity index (χ0v) is 30.7. The fraction of sp³-hybridized carbons (Fsp3) is 0.375. The zero-order chi connectivity index (χ0) is 37.3. The monoisotopic (exact) mass is 760 g/mol. The Hall–Kier alpha value is -4.41. The SMILES string of the molecule is N#Cc1cncc(COc2cc(O[C@H]3CCc4c(-c5cccc(OCCCN6CCC(O)CC6)c5Cl)cccc43)c(Cl)cc2CN[C@@H](CO)C(=O)O)c1. The quantitative estimate of drug-likeness (QED) is 0.0946. The molecule has 4 N–H and O–H groups in total. The molecule has 278 valence electrons. The van der Waals surface area contributed by atoms with Crippen LogP contribution in [0.2, 0.25) is 10.0 Å². The van der Waals surface area contributed by atoms with Crippen molar-refractivity contribution in [3.8, 4) is 34.4 Å². The Morgan fingerprint density at radius 1 is 1.02 bits per heavy atom. The highest BCUT2D eigenvalue weighted by Crippen LogP contribution is 2.45. The molecular formula is C40H42Cl2N4O7. The van der Waals surface area contributed by atoms with Crippen molar-refractivity contribution in [2.24, 2.45) is 0 Å². The van der Waals surface area contributed by atoms with Gasteiger partial charge in [0, 0.05) is 61.3 Å². The summed E-state index contributed by atoms with van der Waals surface area (Å²) in [5.74, 6) is 0.237. The predicted octanol–water partition coefficient (Wildman–Crippen LogP) is 6.33. The van der Waals surface area contributed by atoms with E-state index in [0.29, 0.717) is 57.0 Å². The summed E-state index contributed by atoms with van der Waals surface area (Å²) in [5, 5.41) is 41.7. The van der Waals surface area contributed by atoms with Gasteiger partial charge in [0.2, 0.25) is 0 Å². The molecule has 0 unspecified atom stereocenters. The third-order valence-corrected chi connectivity index (χ3v) is 10.3. The van der Waals surface area contributed by atoms with Crippen LogP contribution in [-0.4, -0.2) is 76.2 Å². The van der Waals surface area contributed by atoms with Crippen LogP contribution in [0.25, 0.3) is 11.1 Å². The Morgan fingerprint density at radius 3 is 2.58 bits per heavy atom. The van der Waals surface area contributed by atoms with Crippen molar-refractivity contribution >= 4 is 29.2 Å². The zero-order valence-electron chi connectivity index (χ0n) is 29.1. The molecule has 0 bridgehead atoms. The summed E-state index contributed by atoms with van der Waals surface area (Å²) in [5.41, 5.74) is 5.67. The average molecular weight is 762 g/mol. The minimum atomic E-state index is -1.19. The maximum atomic E-state index is 11.5. The van der Waals surface area contributed by atoms with Gasteiger partial charge in [-0.2, -0.15) is 5.26 Å². The first-order chi connectivity index (χ1) is 25.7. The number of ether oxygens (including phenoxy) is 3. The number of aliphatic carboxylic acids is 1. The molecule has 0 spiro atoms. The van der Waals surface area contributed by atoms with Crippen molar-refractivity contribution in [3.05, 3.63) is 105 Å². The van der Waals surface area contributed by atoms with Crippen molar-refractivity contribution in [1.82, 2.24) is 15.2 Å². The first-order valence-corrected chi connectivity index (χ1v) is 18.5. The van der Waals surface area contributed by atoms with Crippen LogP contribution >= 0.6 is 23.2 Å². The Bertz CT molecular complexity index is 1950. The van der Waals surface area contributed by atoms with Crippen LogP contribution in [0.1, 0.15) is 59.6 Å². The maximum Gasteiger partial charge on any atom is 0.323 e. The molecule has 11 nitrogen and oxygen atoms in total. The van der Waals surface area contributed by atoms with Crippen molar-refractivity contribution in [1.29, 1.82) is 5.26 Å². The Kier molecular flexibility index (Phi) is 13.1. The number of carboxylic acids is 1. The molecule has 1 aliphatic carbocycles. The van der Waals surface area contributed by atoms with E-state index < -0.39 is 18.6 Å². The van der Waals surface area contributed by atoms with Crippen LogP contribution in [-0.2, 0) is 24.4 Å². The molecule has 2 atom stereocenters. The molecule has 0 saturated carbocycles.